The van der Waals surface area contributed by atoms with E-state index in [9.17, 15) is 0 Å². The highest BCUT2D eigenvalue weighted by Crippen LogP contribution is 2.29. The second kappa shape index (κ2) is 7.78. The van der Waals surface area contributed by atoms with Gasteiger partial charge in [0, 0.05) is 19.1 Å². The Kier molecular flexibility index (Phi) is 6.69. The average Bonchev–Trinajstić information content (AvgIpc) is 2.30. The lowest BCUT2D eigenvalue weighted by Gasteiger charge is -2.20. The molecule has 4 nitrogen and oxygen atoms in total. The SMILES string of the molecule is CCCNc1nc(NC(C)CN(C)C)c(Cl)cc1Cl. The van der Waals surface area contributed by atoms with Crippen LogP contribution in [0.2, 0.25) is 10.0 Å². The van der Waals surface area contributed by atoms with Crippen molar-refractivity contribution in [2.45, 2.75) is 26.3 Å². The highest BCUT2D eigenvalue weighted by molar-refractivity contribution is 6.37. The molecule has 0 spiro atoms. The van der Waals surface area contributed by atoms with Gasteiger partial charge in [0.15, 0.2) is 0 Å². The second-order valence-electron chi connectivity index (χ2n) is 4.88. The Morgan fingerprint density at radius 3 is 2.47 bits per heavy atom. The maximum Gasteiger partial charge on any atom is 0.147 e. The van der Waals surface area contributed by atoms with Crippen molar-refractivity contribution in [1.82, 2.24) is 9.88 Å². The lowest BCUT2D eigenvalue weighted by Crippen LogP contribution is -2.30. The fraction of sp³-hybridized carbons (Fsp3) is 0.615. The maximum absolute atomic E-state index is 6.17. The van der Waals surface area contributed by atoms with Gasteiger partial charge in [-0.1, -0.05) is 30.1 Å². The molecule has 0 amide bonds. The molecule has 0 saturated heterocycles. The molecular formula is C13H22Cl2N4. The van der Waals surface area contributed by atoms with Gasteiger partial charge in [0.05, 0.1) is 10.0 Å². The van der Waals surface area contributed by atoms with Gasteiger partial charge in [0.25, 0.3) is 0 Å². The smallest absolute Gasteiger partial charge is 0.147 e. The van der Waals surface area contributed by atoms with Crippen LogP contribution in [0, 0.1) is 0 Å². The first kappa shape index (κ1) is 16.3. The fourth-order valence-corrected chi connectivity index (χ4v) is 2.24. The average molecular weight is 305 g/mol. The van der Waals surface area contributed by atoms with E-state index < -0.39 is 0 Å². The van der Waals surface area contributed by atoms with Crippen molar-refractivity contribution in [3.8, 4) is 0 Å². The molecule has 19 heavy (non-hydrogen) atoms. The zero-order chi connectivity index (χ0) is 14.4. The first-order valence-electron chi connectivity index (χ1n) is 6.45. The summed E-state index contributed by atoms with van der Waals surface area (Å²) in [4.78, 5) is 6.56. The number of anilines is 2. The molecule has 0 aliphatic rings. The molecule has 6 heteroatoms. The molecule has 0 saturated carbocycles. The summed E-state index contributed by atoms with van der Waals surface area (Å²) in [7, 11) is 4.06. The van der Waals surface area contributed by atoms with E-state index in [1.807, 2.05) is 14.1 Å². The molecule has 0 radical (unpaired) electrons. The molecule has 1 unspecified atom stereocenters. The van der Waals surface area contributed by atoms with Crippen LogP contribution in [0.4, 0.5) is 11.6 Å². The van der Waals surface area contributed by atoms with Crippen LogP contribution < -0.4 is 10.6 Å². The Balaban J connectivity index is 2.81. The normalized spacial score (nSPS) is 12.6. The first-order valence-corrected chi connectivity index (χ1v) is 7.20. The topological polar surface area (TPSA) is 40.2 Å². The Bertz CT molecular complexity index is 410. The number of hydrogen-bond acceptors (Lipinski definition) is 4. The van der Waals surface area contributed by atoms with E-state index in [0.29, 0.717) is 21.7 Å². The minimum absolute atomic E-state index is 0.250. The van der Waals surface area contributed by atoms with E-state index in [1.165, 1.54) is 0 Å². The first-order chi connectivity index (χ1) is 8.93. The summed E-state index contributed by atoms with van der Waals surface area (Å²) in [6.45, 7) is 5.92. The van der Waals surface area contributed by atoms with Crippen molar-refractivity contribution in [1.29, 1.82) is 0 Å². The van der Waals surface area contributed by atoms with Gasteiger partial charge in [-0.25, -0.2) is 4.98 Å². The lowest BCUT2D eigenvalue weighted by molar-refractivity contribution is 0.392. The van der Waals surface area contributed by atoms with Crippen molar-refractivity contribution in [2.24, 2.45) is 0 Å². The predicted molar refractivity (Wildman–Crippen MR) is 84.7 cm³/mol. The summed E-state index contributed by atoms with van der Waals surface area (Å²) in [6.07, 6.45) is 1.01. The molecule has 1 heterocycles. The van der Waals surface area contributed by atoms with Crippen molar-refractivity contribution in [3.63, 3.8) is 0 Å². The van der Waals surface area contributed by atoms with Crippen molar-refractivity contribution >= 4 is 34.8 Å². The number of hydrogen-bond donors (Lipinski definition) is 2. The van der Waals surface area contributed by atoms with Gasteiger partial charge in [0.2, 0.25) is 0 Å². The molecule has 0 aliphatic carbocycles. The molecule has 2 N–H and O–H groups in total. The van der Waals surface area contributed by atoms with Gasteiger partial charge in [-0.2, -0.15) is 0 Å². The fourth-order valence-electron chi connectivity index (χ4n) is 1.76. The quantitative estimate of drug-likeness (QED) is 0.808. The third-order valence-corrected chi connectivity index (χ3v) is 3.07. The third-order valence-electron chi connectivity index (χ3n) is 2.49. The molecule has 1 aromatic heterocycles. The minimum Gasteiger partial charge on any atom is -0.369 e. The maximum atomic E-state index is 6.17. The number of pyridine rings is 1. The Morgan fingerprint density at radius 1 is 1.26 bits per heavy atom. The minimum atomic E-state index is 0.250. The summed E-state index contributed by atoms with van der Waals surface area (Å²) in [5, 5.41) is 7.58. The molecule has 1 atom stereocenters. The standard InChI is InChI=1S/C13H22Cl2N4/c1-5-6-16-12-10(14)7-11(15)13(18-12)17-9(2)8-19(3)4/h7,9H,5-6,8H2,1-4H3,(H2,16,17,18). The van der Waals surface area contributed by atoms with Crippen LogP contribution in [0.3, 0.4) is 0 Å². The van der Waals surface area contributed by atoms with E-state index in [4.69, 9.17) is 23.2 Å². The van der Waals surface area contributed by atoms with Gasteiger partial charge in [-0.15, -0.1) is 0 Å². The third kappa shape index (κ3) is 5.43. The van der Waals surface area contributed by atoms with E-state index in [-0.39, 0.29) is 6.04 Å². The molecule has 0 aliphatic heterocycles. The summed E-state index contributed by atoms with van der Waals surface area (Å²) >= 11 is 12.3. The summed E-state index contributed by atoms with van der Waals surface area (Å²) in [5.74, 6) is 1.34. The van der Waals surface area contributed by atoms with Crippen LogP contribution in [0.25, 0.3) is 0 Å². The second-order valence-corrected chi connectivity index (χ2v) is 5.70. The van der Waals surface area contributed by atoms with Crippen molar-refractivity contribution in [3.05, 3.63) is 16.1 Å². The Morgan fingerprint density at radius 2 is 1.89 bits per heavy atom. The largest absolute Gasteiger partial charge is 0.369 e. The molecule has 0 aromatic carbocycles. The lowest BCUT2D eigenvalue weighted by atomic mass is 10.3. The van der Waals surface area contributed by atoms with E-state index in [0.717, 1.165) is 19.5 Å². The number of halogens is 2. The monoisotopic (exact) mass is 304 g/mol. The zero-order valence-corrected chi connectivity index (χ0v) is 13.4. The van der Waals surface area contributed by atoms with Gasteiger partial charge in [-0.05, 0) is 33.5 Å². The van der Waals surface area contributed by atoms with Crippen LogP contribution in [-0.4, -0.2) is 43.1 Å². The number of nitrogens with zero attached hydrogens (tertiary/aromatic N) is 2. The number of nitrogens with one attached hydrogen (secondary N) is 2. The Labute approximate surface area is 125 Å². The van der Waals surface area contributed by atoms with Crippen LogP contribution in [-0.2, 0) is 0 Å². The molecular weight excluding hydrogens is 283 g/mol. The number of likely N-dealkylation sites (N-methyl/N-ethyl adjacent to an activating group) is 1. The summed E-state index contributed by atoms with van der Waals surface area (Å²) < 4.78 is 0. The van der Waals surface area contributed by atoms with Crippen LogP contribution in [0.15, 0.2) is 6.07 Å². The molecule has 1 aromatic rings. The van der Waals surface area contributed by atoms with E-state index in [1.54, 1.807) is 6.07 Å². The predicted octanol–water partition coefficient (Wildman–Crippen LogP) is 3.57. The molecule has 108 valence electrons. The number of aromatic nitrogens is 1. The summed E-state index contributed by atoms with van der Waals surface area (Å²) in [6, 6.07) is 1.97. The highest BCUT2D eigenvalue weighted by atomic mass is 35.5. The number of rotatable bonds is 7. The van der Waals surface area contributed by atoms with E-state index >= 15 is 0 Å². The molecule has 0 bridgehead atoms. The van der Waals surface area contributed by atoms with Gasteiger partial charge < -0.3 is 15.5 Å². The van der Waals surface area contributed by atoms with Gasteiger partial charge in [0.1, 0.15) is 11.6 Å². The van der Waals surface area contributed by atoms with Gasteiger partial charge in [-0.3, -0.25) is 0 Å². The summed E-state index contributed by atoms with van der Waals surface area (Å²) in [5.41, 5.74) is 0. The van der Waals surface area contributed by atoms with Crippen molar-refractivity contribution in [2.75, 3.05) is 37.8 Å². The molecule has 1 rings (SSSR count). The van der Waals surface area contributed by atoms with Crippen LogP contribution in [0.5, 0.6) is 0 Å². The van der Waals surface area contributed by atoms with Crippen LogP contribution in [0.1, 0.15) is 20.3 Å². The Hall–Kier alpha value is -0.710. The van der Waals surface area contributed by atoms with Crippen molar-refractivity contribution < 1.29 is 0 Å². The van der Waals surface area contributed by atoms with Gasteiger partial charge >= 0.3 is 0 Å². The zero-order valence-electron chi connectivity index (χ0n) is 11.9. The highest BCUT2D eigenvalue weighted by Gasteiger charge is 2.11. The molecule has 0 fully saturated rings. The van der Waals surface area contributed by atoms with Crippen LogP contribution >= 0.6 is 23.2 Å². The van der Waals surface area contributed by atoms with E-state index in [2.05, 4.69) is 34.4 Å².